The number of hydrogen-bond acceptors (Lipinski definition) is 8. The van der Waals surface area contributed by atoms with Crippen LogP contribution in [0.15, 0.2) is 42.3 Å². The summed E-state index contributed by atoms with van der Waals surface area (Å²) in [6.07, 6.45) is 11.3. The van der Waals surface area contributed by atoms with Crippen LogP contribution in [0.2, 0.25) is 0 Å². The largest absolute Gasteiger partial charge is 0.300 e. The van der Waals surface area contributed by atoms with E-state index in [1.54, 1.807) is 18.5 Å². The summed E-state index contributed by atoms with van der Waals surface area (Å²) in [5.41, 5.74) is 0.868. The molecule has 0 saturated heterocycles. The van der Waals surface area contributed by atoms with Crippen molar-refractivity contribution in [1.29, 1.82) is 0 Å². The van der Waals surface area contributed by atoms with Crippen molar-refractivity contribution in [1.82, 2.24) is 29.9 Å². The van der Waals surface area contributed by atoms with Crippen LogP contribution in [0.4, 0.5) is 5.13 Å². The summed E-state index contributed by atoms with van der Waals surface area (Å²) >= 11 is 2.82. The van der Waals surface area contributed by atoms with E-state index in [1.807, 2.05) is 16.7 Å². The predicted molar refractivity (Wildman–Crippen MR) is 119 cm³/mol. The first kappa shape index (κ1) is 20.7. The van der Waals surface area contributed by atoms with Crippen LogP contribution in [-0.4, -0.2) is 41.6 Å². The molecule has 30 heavy (non-hydrogen) atoms. The minimum absolute atomic E-state index is 0.137. The van der Waals surface area contributed by atoms with Gasteiger partial charge in [-0.2, -0.15) is 0 Å². The fourth-order valence-electron chi connectivity index (χ4n) is 3.48. The molecule has 10 heteroatoms. The molecule has 0 bridgehead atoms. The van der Waals surface area contributed by atoms with Gasteiger partial charge in [-0.1, -0.05) is 48.4 Å². The number of carbonyl (C=O) groups is 1. The third-order valence-electron chi connectivity index (χ3n) is 4.92. The van der Waals surface area contributed by atoms with Gasteiger partial charge >= 0.3 is 0 Å². The number of thioether (sulfide) groups is 1. The molecule has 156 valence electrons. The van der Waals surface area contributed by atoms with Crippen molar-refractivity contribution in [3.8, 4) is 11.4 Å². The van der Waals surface area contributed by atoms with E-state index in [-0.39, 0.29) is 11.7 Å². The van der Waals surface area contributed by atoms with Crippen molar-refractivity contribution >= 4 is 34.1 Å². The van der Waals surface area contributed by atoms with Crippen LogP contribution in [0.25, 0.3) is 11.4 Å². The van der Waals surface area contributed by atoms with Gasteiger partial charge in [0, 0.05) is 30.4 Å². The van der Waals surface area contributed by atoms with E-state index in [9.17, 15) is 4.79 Å². The molecule has 3 aromatic rings. The average molecular weight is 442 g/mol. The van der Waals surface area contributed by atoms with Gasteiger partial charge in [-0.3, -0.25) is 19.7 Å². The minimum atomic E-state index is -0.137. The zero-order valence-electron chi connectivity index (χ0n) is 16.5. The van der Waals surface area contributed by atoms with Crippen molar-refractivity contribution in [3.63, 3.8) is 0 Å². The van der Waals surface area contributed by atoms with Crippen LogP contribution in [0.5, 0.6) is 0 Å². The summed E-state index contributed by atoms with van der Waals surface area (Å²) < 4.78 is 1.92. The summed E-state index contributed by atoms with van der Waals surface area (Å²) in [5, 5.41) is 22.1. The molecule has 0 atom stereocenters. The maximum atomic E-state index is 12.4. The monoisotopic (exact) mass is 441 g/mol. The number of hydrogen-bond donors (Lipinski definition) is 1. The maximum absolute atomic E-state index is 12.4. The second-order valence-electron chi connectivity index (χ2n) is 7.06. The Kier molecular flexibility index (Phi) is 6.85. The zero-order valence-corrected chi connectivity index (χ0v) is 18.2. The number of aromatic nitrogens is 6. The predicted octanol–water partition coefficient (Wildman–Crippen LogP) is 4.16. The smallest absolute Gasteiger partial charge is 0.236 e. The summed E-state index contributed by atoms with van der Waals surface area (Å²) in [6.45, 7) is 4.35. The maximum Gasteiger partial charge on any atom is 0.236 e. The summed E-state index contributed by atoms with van der Waals surface area (Å²) in [6, 6.07) is 3.78. The van der Waals surface area contributed by atoms with Crippen molar-refractivity contribution in [2.45, 2.75) is 49.7 Å². The van der Waals surface area contributed by atoms with Crippen molar-refractivity contribution < 1.29 is 4.79 Å². The molecule has 8 nitrogen and oxygen atoms in total. The zero-order chi connectivity index (χ0) is 20.8. The number of rotatable bonds is 8. The molecule has 0 aliphatic heterocycles. The van der Waals surface area contributed by atoms with Crippen molar-refractivity contribution in [2.24, 2.45) is 0 Å². The Labute approximate surface area is 183 Å². The standard InChI is InChI=1S/C20H23N7OS2/c1-2-11-27-17(15-9-6-10-21-12-15)23-26-20(27)29-13-16(28)22-19-25-24-18(30-19)14-7-4-3-5-8-14/h2,6,9-10,12,14H,1,3-5,7-8,11,13H2,(H,22,25,28). The van der Waals surface area contributed by atoms with Crippen LogP contribution in [-0.2, 0) is 11.3 Å². The topological polar surface area (TPSA) is 98.5 Å². The summed E-state index contributed by atoms with van der Waals surface area (Å²) in [4.78, 5) is 16.6. The Morgan fingerprint density at radius 2 is 2.13 bits per heavy atom. The van der Waals surface area contributed by atoms with Crippen molar-refractivity contribution in [3.05, 3.63) is 42.2 Å². The fraction of sp³-hybridized carbons (Fsp3) is 0.400. The van der Waals surface area contributed by atoms with E-state index in [4.69, 9.17) is 0 Å². The number of amides is 1. The van der Waals surface area contributed by atoms with E-state index in [0.29, 0.717) is 28.6 Å². The van der Waals surface area contributed by atoms with E-state index in [0.717, 1.165) is 23.4 Å². The average Bonchev–Trinajstić information content (AvgIpc) is 3.41. The molecule has 4 rings (SSSR count). The Hall–Kier alpha value is -2.59. The lowest BCUT2D eigenvalue weighted by Gasteiger charge is -2.18. The lowest BCUT2D eigenvalue weighted by Crippen LogP contribution is -2.14. The lowest BCUT2D eigenvalue weighted by molar-refractivity contribution is -0.113. The van der Waals surface area contributed by atoms with Crippen LogP contribution in [0.1, 0.15) is 43.0 Å². The first-order valence-electron chi connectivity index (χ1n) is 9.95. The molecule has 1 aliphatic rings. The molecular weight excluding hydrogens is 418 g/mol. The van der Waals surface area contributed by atoms with Gasteiger partial charge in [-0.05, 0) is 25.0 Å². The molecule has 1 saturated carbocycles. The molecule has 1 N–H and O–H groups in total. The highest BCUT2D eigenvalue weighted by molar-refractivity contribution is 7.99. The molecule has 0 radical (unpaired) electrons. The van der Waals surface area contributed by atoms with Crippen molar-refractivity contribution in [2.75, 3.05) is 11.1 Å². The van der Waals surface area contributed by atoms with Gasteiger partial charge in [-0.25, -0.2) is 0 Å². The number of nitrogens with one attached hydrogen (secondary N) is 1. The quantitative estimate of drug-likeness (QED) is 0.414. The molecule has 1 fully saturated rings. The highest BCUT2D eigenvalue weighted by Crippen LogP contribution is 2.35. The van der Waals surface area contributed by atoms with Gasteiger partial charge in [0.05, 0.1) is 5.75 Å². The highest BCUT2D eigenvalue weighted by Gasteiger charge is 2.20. The first-order valence-corrected chi connectivity index (χ1v) is 11.8. The normalized spacial score (nSPS) is 14.5. The van der Waals surface area contributed by atoms with E-state index in [2.05, 4.69) is 37.3 Å². The molecule has 3 aromatic heterocycles. The second-order valence-corrected chi connectivity index (χ2v) is 9.02. The van der Waals surface area contributed by atoms with Gasteiger partial charge in [0.2, 0.25) is 11.0 Å². The SMILES string of the molecule is C=CCn1c(SCC(=O)Nc2nnc(C3CCCCC3)s2)nnc1-c1cccnc1. The molecule has 3 heterocycles. The van der Waals surface area contributed by atoms with Crippen LogP contribution >= 0.6 is 23.1 Å². The summed E-state index contributed by atoms with van der Waals surface area (Å²) in [7, 11) is 0. The Morgan fingerprint density at radius 1 is 1.27 bits per heavy atom. The van der Waals surface area contributed by atoms with Gasteiger partial charge < -0.3 is 0 Å². The van der Waals surface area contributed by atoms with Crippen LogP contribution in [0.3, 0.4) is 0 Å². The number of allylic oxidation sites excluding steroid dienone is 1. The Morgan fingerprint density at radius 3 is 2.90 bits per heavy atom. The number of carbonyl (C=O) groups excluding carboxylic acids is 1. The number of nitrogens with zero attached hydrogens (tertiary/aromatic N) is 6. The molecule has 0 aromatic carbocycles. The van der Waals surface area contributed by atoms with Crippen LogP contribution < -0.4 is 5.32 Å². The summed E-state index contributed by atoms with van der Waals surface area (Å²) in [5.74, 6) is 1.26. The third-order valence-corrected chi connectivity index (χ3v) is 6.89. The van der Waals surface area contributed by atoms with Gasteiger partial charge in [-0.15, -0.1) is 27.0 Å². The van der Waals surface area contributed by atoms with E-state index < -0.39 is 0 Å². The Balaban J connectivity index is 1.37. The Bertz CT molecular complexity index is 996. The van der Waals surface area contributed by atoms with Gasteiger partial charge in [0.15, 0.2) is 11.0 Å². The first-order chi connectivity index (χ1) is 14.7. The number of anilines is 1. The lowest BCUT2D eigenvalue weighted by atomic mass is 9.90. The van der Waals surface area contributed by atoms with E-state index >= 15 is 0 Å². The van der Waals surface area contributed by atoms with Gasteiger partial charge in [0.1, 0.15) is 5.01 Å². The number of pyridine rings is 1. The molecule has 0 spiro atoms. The molecule has 1 amide bonds. The van der Waals surface area contributed by atoms with Crippen LogP contribution in [0, 0.1) is 0 Å². The second kappa shape index (κ2) is 9.94. The van der Waals surface area contributed by atoms with Gasteiger partial charge in [0.25, 0.3) is 0 Å². The molecule has 1 aliphatic carbocycles. The molecular formula is C20H23N7OS2. The minimum Gasteiger partial charge on any atom is -0.300 e. The molecule has 0 unspecified atom stereocenters. The van der Waals surface area contributed by atoms with E-state index in [1.165, 1.54) is 42.4 Å². The highest BCUT2D eigenvalue weighted by atomic mass is 32.2. The fourth-order valence-corrected chi connectivity index (χ4v) is 5.16. The third kappa shape index (κ3) is 4.93.